The van der Waals surface area contributed by atoms with Gasteiger partial charge in [-0.1, -0.05) is 68.5 Å². The van der Waals surface area contributed by atoms with Gasteiger partial charge in [0.15, 0.2) is 0 Å². The Balaban J connectivity index is 2.78. The van der Waals surface area contributed by atoms with Crippen LogP contribution in [0.2, 0.25) is 0 Å². The smallest absolute Gasteiger partial charge is 0.100 e. The van der Waals surface area contributed by atoms with E-state index in [1.54, 1.807) is 0 Å². The summed E-state index contributed by atoms with van der Waals surface area (Å²) in [5.41, 5.74) is 4.62. The molecular weight excluding hydrogens is 282 g/mol. The molecule has 0 aliphatic heterocycles. The highest BCUT2D eigenvalue weighted by molar-refractivity contribution is 8.11. The Kier molecular flexibility index (Phi) is 4.59. The largest absolute Gasteiger partial charge is 0.192 e. The van der Waals surface area contributed by atoms with Crippen LogP contribution >= 0.6 is 24.8 Å². The third kappa shape index (κ3) is 2.77. The summed E-state index contributed by atoms with van der Waals surface area (Å²) in [6.07, 6.45) is 0. The fraction of sp³-hybridized carbons (Fsp3) is 0.176. The minimum Gasteiger partial charge on any atom is -0.192 e. The van der Waals surface area contributed by atoms with E-state index in [0.717, 1.165) is 22.3 Å². The van der Waals surface area contributed by atoms with Crippen molar-refractivity contribution in [1.82, 2.24) is 0 Å². The summed E-state index contributed by atoms with van der Waals surface area (Å²) in [6.45, 7) is 4.18. The van der Waals surface area contributed by atoms with Gasteiger partial charge < -0.3 is 0 Å². The zero-order valence-corrected chi connectivity index (χ0v) is 13.1. The Morgan fingerprint density at radius 2 is 1.80 bits per heavy atom. The molecule has 100 valence electrons. The molecule has 20 heavy (non-hydrogen) atoms. The maximum Gasteiger partial charge on any atom is 0.100 e. The molecule has 0 bridgehead atoms. The van der Waals surface area contributed by atoms with Crippen LogP contribution in [-0.2, 0) is 0 Å². The van der Waals surface area contributed by atoms with E-state index in [9.17, 15) is 5.26 Å². The summed E-state index contributed by atoms with van der Waals surface area (Å²) >= 11 is 9.36. The van der Waals surface area contributed by atoms with E-state index in [1.807, 2.05) is 30.3 Å². The molecule has 0 heterocycles. The molecule has 1 nitrogen and oxygen atoms in total. The van der Waals surface area contributed by atoms with E-state index >= 15 is 0 Å². The number of thiol groups is 1. The Morgan fingerprint density at radius 1 is 1.15 bits per heavy atom. The van der Waals surface area contributed by atoms with Crippen LogP contribution in [0.4, 0.5) is 0 Å². The normalized spacial score (nSPS) is 10.3. The molecule has 0 aromatic heterocycles. The SMILES string of the molecule is CC(C)c1c(-c2ccccc2)ccc(C(=S)S)c1C#N. The molecule has 0 amide bonds. The molecule has 2 aromatic rings. The van der Waals surface area contributed by atoms with Gasteiger partial charge >= 0.3 is 0 Å². The Labute approximate surface area is 130 Å². The van der Waals surface area contributed by atoms with E-state index in [0.29, 0.717) is 9.76 Å². The van der Waals surface area contributed by atoms with Crippen molar-refractivity contribution >= 4 is 29.0 Å². The van der Waals surface area contributed by atoms with E-state index in [2.05, 4.69) is 44.7 Å². The van der Waals surface area contributed by atoms with Gasteiger partial charge in [0.05, 0.1) is 9.76 Å². The zero-order chi connectivity index (χ0) is 14.7. The first-order chi connectivity index (χ1) is 9.56. The summed E-state index contributed by atoms with van der Waals surface area (Å²) in [6, 6.07) is 16.3. The second-order valence-electron chi connectivity index (χ2n) is 4.89. The van der Waals surface area contributed by atoms with E-state index in [-0.39, 0.29) is 5.92 Å². The number of hydrogen-bond donors (Lipinski definition) is 1. The highest BCUT2D eigenvalue weighted by atomic mass is 32.1. The molecule has 0 fully saturated rings. The Hall–Kier alpha value is -1.63. The molecule has 2 rings (SSSR count). The van der Waals surface area contributed by atoms with Crippen molar-refractivity contribution in [3.63, 3.8) is 0 Å². The molecule has 0 aliphatic rings. The van der Waals surface area contributed by atoms with Crippen molar-refractivity contribution in [3.05, 3.63) is 59.2 Å². The highest BCUT2D eigenvalue weighted by Crippen LogP contribution is 2.34. The third-order valence-electron chi connectivity index (χ3n) is 3.25. The fourth-order valence-corrected chi connectivity index (χ4v) is 2.74. The minimum atomic E-state index is 0.238. The van der Waals surface area contributed by atoms with Crippen molar-refractivity contribution in [2.45, 2.75) is 19.8 Å². The molecule has 0 N–H and O–H groups in total. The van der Waals surface area contributed by atoms with Crippen LogP contribution in [0.25, 0.3) is 11.1 Å². The van der Waals surface area contributed by atoms with Gasteiger partial charge in [0.1, 0.15) is 6.07 Å². The Bertz CT molecular complexity index is 682. The first-order valence-corrected chi connectivity index (χ1v) is 7.27. The number of nitriles is 1. The van der Waals surface area contributed by atoms with Crippen LogP contribution in [0.15, 0.2) is 42.5 Å². The topological polar surface area (TPSA) is 23.8 Å². The standard InChI is InChI=1S/C17H15NS2/c1-11(2)16-13(12-6-4-3-5-7-12)8-9-14(17(19)20)15(16)10-18/h3-9,11H,1-2H3,(H,19,20). The maximum absolute atomic E-state index is 9.52. The average Bonchev–Trinajstić information content (AvgIpc) is 2.46. The lowest BCUT2D eigenvalue weighted by Gasteiger charge is -2.17. The molecule has 3 heteroatoms. The second kappa shape index (κ2) is 6.21. The summed E-state index contributed by atoms with van der Waals surface area (Å²) < 4.78 is 0.461. The van der Waals surface area contributed by atoms with Gasteiger partial charge in [0, 0.05) is 5.56 Å². The molecule has 0 saturated heterocycles. The Morgan fingerprint density at radius 3 is 2.30 bits per heavy atom. The summed E-state index contributed by atoms with van der Waals surface area (Å²) in [7, 11) is 0. The highest BCUT2D eigenvalue weighted by Gasteiger charge is 2.18. The number of hydrogen-bond acceptors (Lipinski definition) is 2. The van der Waals surface area contributed by atoms with Crippen LogP contribution in [0, 0.1) is 11.3 Å². The summed E-state index contributed by atoms with van der Waals surface area (Å²) in [5, 5.41) is 9.52. The van der Waals surface area contributed by atoms with Crippen molar-refractivity contribution in [1.29, 1.82) is 5.26 Å². The second-order valence-corrected chi connectivity index (χ2v) is 6.05. The van der Waals surface area contributed by atoms with Crippen LogP contribution in [-0.4, -0.2) is 4.20 Å². The van der Waals surface area contributed by atoms with Gasteiger partial charge in [-0.05, 0) is 22.6 Å². The molecule has 2 aromatic carbocycles. The minimum absolute atomic E-state index is 0.238. The van der Waals surface area contributed by atoms with E-state index < -0.39 is 0 Å². The quantitative estimate of drug-likeness (QED) is 0.640. The van der Waals surface area contributed by atoms with Gasteiger partial charge in [-0.25, -0.2) is 0 Å². The lowest BCUT2D eigenvalue weighted by molar-refractivity contribution is 0.864. The summed E-state index contributed by atoms with van der Waals surface area (Å²) in [4.78, 5) is 0. The van der Waals surface area contributed by atoms with Crippen molar-refractivity contribution in [2.75, 3.05) is 0 Å². The zero-order valence-electron chi connectivity index (χ0n) is 11.4. The number of nitrogens with zero attached hydrogens (tertiary/aromatic N) is 1. The average molecular weight is 297 g/mol. The predicted molar refractivity (Wildman–Crippen MR) is 91.4 cm³/mol. The monoisotopic (exact) mass is 297 g/mol. The van der Waals surface area contributed by atoms with Gasteiger partial charge in [-0.3, -0.25) is 0 Å². The molecule has 0 spiro atoms. The first-order valence-electron chi connectivity index (χ1n) is 6.42. The van der Waals surface area contributed by atoms with Crippen LogP contribution < -0.4 is 0 Å². The van der Waals surface area contributed by atoms with Gasteiger partial charge in [0.25, 0.3) is 0 Å². The van der Waals surface area contributed by atoms with E-state index in [4.69, 9.17) is 12.2 Å². The van der Waals surface area contributed by atoms with Crippen molar-refractivity contribution in [2.24, 2.45) is 0 Å². The van der Waals surface area contributed by atoms with Gasteiger partial charge in [-0.15, -0.1) is 12.6 Å². The van der Waals surface area contributed by atoms with Crippen LogP contribution in [0.5, 0.6) is 0 Å². The molecular formula is C17H15NS2. The third-order valence-corrected chi connectivity index (χ3v) is 3.71. The number of rotatable bonds is 3. The predicted octanol–water partition coefficient (Wildman–Crippen LogP) is 4.95. The first kappa shape index (κ1) is 14.8. The fourth-order valence-electron chi connectivity index (χ4n) is 2.39. The maximum atomic E-state index is 9.52. The molecule has 0 saturated carbocycles. The van der Waals surface area contributed by atoms with Gasteiger partial charge in [-0.2, -0.15) is 5.26 Å². The summed E-state index contributed by atoms with van der Waals surface area (Å²) in [5.74, 6) is 0.238. The molecule has 0 atom stereocenters. The van der Waals surface area contributed by atoms with Crippen LogP contribution in [0.1, 0.15) is 36.5 Å². The number of thiocarbonyl (C=S) groups is 1. The van der Waals surface area contributed by atoms with E-state index in [1.165, 1.54) is 0 Å². The molecule has 0 unspecified atom stereocenters. The van der Waals surface area contributed by atoms with Crippen molar-refractivity contribution < 1.29 is 0 Å². The number of benzene rings is 2. The lowest BCUT2D eigenvalue weighted by atomic mass is 9.87. The van der Waals surface area contributed by atoms with Crippen molar-refractivity contribution in [3.8, 4) is 17.2 Å². The molecule has 0 aliphatic carbocycles. The lowest BCUT2D eigenvalue weighted by Crippen LogP contribution is -2.03. The van der Waals surface area contributed by atoms with Gasteiger partial charge in [0.2, 0.25) is 0 Å². The van der Waals surface area contributed by atoms with Crippen LogP contribution in [0.3, 0.4) is 0 Å². The molecule has 0 radical (unpaired) electrons.